The summed E-state index contributed by atoms with van der Waals surface area (Å²) in [6.45, 7) is 8.38. The third-order valence-electron chi connectivity index (χ3n) is 2.39. The lowest BCUT2D eigenvalue weighted by molar-refractivity contribution is 0.474. The zero-order valence-electron chi connectivity index (χ0n) is 6.93. The molecule has 1 aliphatic carbocycles. The number of rotatable bonds is 2. The van der Waals surface area contributed by atoms with Crippen molar-refractivity contribution in [3.05, 3.63) is 24.3 Å². The molecule has 0 heterocycles. The molecule has 0 aromatic heterocycles. The van der Waals surface area contributed by atoms with Gasteiger partial charge < -0.3 is 0 Å². The van der Waals surface area contributed by atoms with Crippen molar-refractivity contribution in [3.63, 3.8) is 0 Å². The van der Waals surface area contributed by atoms with Gasteiger partial charge in [0.1, 0.15) is 0 Å². The van der Waals surface area contributed by atoms with Gasteiger partial charge >= 0.3 is 0 Å². The summed E-state index contributed by atoms with van der Waals surface area (Å²) < 4.78 is 0. The molecular weight excluding hydrogens is 120 g/mol. The number of hydrogen-bond acceptors (Lipinski definition) is 0. The van der Waals surface area contributed by atoms with Gasteiger partial charge in [0.15, 0.2) is 0 Å². The fourth-order valence-corrected chi connectivity index (χ4v) is 1.70. The molecule has 0 fully saturated rings. The van der Waals surface area contributed by atoms with Crippen molar-refractivity contribution in [3.8, 4) is 0 Å². The van der Waals surface area contributed by atoms with Crippen LogP contribution in [0.5, 0.6) is 0 Å². The van der Waals surface area contributed by atoms with Crippen LogP contribution in [0, 0.1) is 11.8 Å². The molecule has 1 aliphatic rings. The second-order valence-electron chi connectivity index (χ2n) is 3.19. The third kappa shape index (κ3) is 1.31. The van der Waals surface area contributed by atoms with Crippen LogP contribution in [-0.2, 0) is 0 Å². The van der Waals surface area contributed by atoms with Crippen molar-refractivity contribution in [2.75, 3.05) is 0 Å². The van der Waals surface area contributed by atoms with Crippen molar-refractivity contribution in [1.82, 2.24) is 0 Å². The van der Waals surface area contributed by atoms with Crippen LogP contribution in [0.2, 0.25) is 0 Å². The van der Waals surface area contributed by atoms with Gasteiger partial charge in [-0.2, -0.15) is 0 Å². The zero-order chi connectivity index (χ0) is 7.56. The maximum absolute atomic E-state index is 4.00. The number of allylic oxidation sites excluding steroid dienone is 3. The lowest BCUT2D eigenvalue weighted by Crippen LogP contribution is -2.07. The smallest absolute Gasteiger partial charge is 0.0111 e. The quantitative estimate of drug-likeness (QED) is 0.511. The fraction of sp³-hybridized carbons (Fsp3) is 0.600. The monoisotopic (exact) mass is 136 g/mol. The summed E-state index contributed by atoms with van der Waals surface area (Å²) in [4.78, 5) is 0. The van der Waals surface area contributed by atoms with Gasteiger partial charge in [0.25, 0.3) is 0 Å². The molecule has 2 unspecified atom stereocenters. The van der Waals surface area contributed by atoms with E-state index in [-0.39, 0.29) is 0 Å². The van der Waals surface area contributed by atoms with Crippen LogP contribution < -0.4 is 0 Å². The summed E-state index contributed by atoms with van der Waals surface area (Å²) in [5.41, 5.74) is 1.34. The van der Waals surface area contributed by atoms with Gasteiger partial charge in [-0.1, -0.05) is 31.2 Å². The molecule has 0 N–H and O–H groups in total. The van der Waals surface area contributed by atoms with Crippen molar-refractivity contribution < 1.29 is 0 Å². The molecule has 0 amide bonds. The number of hydrogen-bond donors (Lipinski definition) is 0. The Hall–Kier alpha value is -0.520. The Balaban J connectivity index is 2.56. The van der Waals surface area contributed by atoms with Crippen molar-refractivity contribution in [2.45, 2.75) is 26.7 Å². The van der Waals surface area contributed by atoms with Crippen molar-refractivity contribution in [1.29, 1.82) is 0 Å². The van der Waals surface area contributed by atoms with Crippen LogP contribution in [-0.4, -0.2) is 0 Å². The highest BCUT2D eigenvalue weighted by atomic mass is 14.3. The van der Waals surface area contributed by atoms with E-state index in [1.54, 1.807) is 0 Å². The topological polar surface area (TPSA) is 0 Å². The summed E-state index contributed by atoms with van der Waals surface area (Å²) >= 11 is 0. The molecule has 0 heteroatoms. The molecule has 0 saturated heterocycles. The molecular formula is C10H16. The first-order valence-corrected chi connectivity index (χ1v) is 4.07. The average Bonchev–Trinajstić information content (AvgIpc) is 2.33. The Kier molecular flexibility index (Phi) is 2.31. The lowest BCUT2D eigenvalue weighted by atomic mass is 9.88. The first-order valence-electron chi connectivity index (χ1n) is 4.07. The predicted molar refractivity (Wildman–Crippen MR) is 45.8 cm³/mol. The lowest BCUT2D eigenvalue weighted by Gasteiger charge is -2.17. The van der Waals surface area contributed by atoms with E-state index in [0.717, 1.165) is 11.8 Å². The average molecular weight is 136 g/mol. The van der Waals surface area contributed by atoms with Crippen LogP contribution in [0.4, 0.5) is 0 Å². The van der Waals surface area contributed by atoms with Crippen molar-refractivity contribution >= 4 is 0 Å². The molecule has 0 bridgehead atoms. The van der Waals surface area contributed by atoms with E-state index < -0.39 is 0 Å². The Labute approximate surface area is 63.6 Å². The fourth-order valence-electron chi connectivity index (χ4n) is 1.70. The molecule has 0 radical (unpaired) electrons. The van der Waals surface area contributed by atoms with E-state index >= 15 is 0 Å². The van der Waals surface area contributed by atoms with Crippen LogP contribution >= 0.6 is 0 Å². The Morgan fingerprint density at radius 3 is 2.80 bits per heavy atom. The van der Waals surface area contributed by atoms with Crippen LogP contribution in [0.25, 0.3) is 0 Å². The summed E-state index contributed by atoms with van der Waals surface area (Å²) in [6, 6.07) is 0. The molecule has 0 spiro atoms. The standard InChI is InChI=1S/C10H16/c1-4-9-6-5-7-10(9)8(2)3/h5-6,9-10H,2,4,7H2,1,3H3. The van der Waals surface area contributed by atoms with Crippen LogP contribution in [0.1, 0.15) is 26.7 Å². The van der Waals surface area contributed by atoms with E-state index in [0.29, 0.717) is 0 Å². The molecule has 56 valence electrons. The highest BCUT2D eigenvalue weighted by molar-refractivity contribution is 5.12. The largest absolute Gasteiger partial charge is 0.0998 e. The zero-order valence-corrected chi connectivity index (χ0v) is 6.93. The van der Waals surface area contributed by atoms with Crippen LogP contribution in [0.15, 0.2) is 24.3 Å². The van der Waals surface area contributed by atoms with Crippen LogP contribution in [0.3, 0.4) is 0 Å². The summed E-state index contributed by atoms with van der Waals surface area (Å²) in [5.74, 6) is 1.52. The molecule has 2 atom stereocenters. The highest BCUT2D eigenvalue weighted by Crippen LogP contribution is 2.32. The highest BCUT2D eigenvalue weighted by Gasteiger charge is 2.20. The van der Waals surface area contributed by atoms with E-state index in [4.69, 9.17) is 0 Å². The Morgan fingerprint density at radius 2 is 2.40 bits per heavy atom. The van der Waals surface area contributed by atoms with Gasteiger partial charge in [-0.25, -0.2) is 0 Å². The molecule has 0 nitrogen and oxygen atoms in total. The van der Waals surface area contributed by atoms with E-state index in [1.165, 1.54) is 18.4 Å². The first kappa shape index (κ1) is 7.59. The molecule has 0 aromatic rings. The summed E-state index contributed by atoms with van der Waals surface area (Å²) in [7, 11) is 0. The minimum absolute atomic E-state index is 0.741. The first-order chi connectivity index (χ1) is 4.75. The van der Waals surface area contributed by atoms with E-state index in [2.05, 4.69) is 32.6 Å². The van der Waals surface area contributed by atoms with Gasteiger partial charge in [0.05, 0.1) is 0 Å². The third-order valence-corrected chi connectivity index (χ3v) is 2.39. The van der Waals surface area contributed by atoms with Gasteiger partial charge in [-0.3, -0.25) is 0 Å². The van der Waals surface area contributed by atoms with Gasteiger partial charge in [0.2, 0.25) is 0 Å². The SMILES string of the molecule is C=C(C)C1CC=CC1CC. The second kappa shape index (κ2) is 3.05. The predicted octanol–water partition coefficient (Wildman–Crippen LogP) is 3.16. The van der Waals surface area contributed by atoms with Gasteiger partial charge in [-0.05, 0) is 31.6 Å². The normalized spacial score (nSPS) is 31.0. The molecule has 0 aromatic carbocycles. The second-order valence-corrected chi connectivity index (χ2v) is 3.19. The summed E-state index contributed by atoms with van der Waals surface area (Å²) in [6.07, 6.45) is 7.09. The Bertz CT molecular complexity index is 153. The molecule has 1 rings (SSSR count). The van der Waals surface area contributed by atoms with E-state index in [9.17, 15) is 0 Å². The molecule has 0 aliphatic heterocycles. The Morgan fingerprint density at radius 1 is 1.70 bits per heavy atom. The maximum Gasteiger partial charge on any atom is -0.0111 e. The molecule has 0 saturated carbocycles. The minimum atomic E-state index is 0.741. The van der Waals surface area contributed by atoms with Gasteiger partial charge in [-0.15, -0.1) is 0 Å². The maximum atomic E-state index is 4.00. The summed E-state index contributed by atoms with van der Waals surface area (Å²) in [5, 5.41) is 0. The van der Waals surface area contributed by atoms with Gasteiger partial charge in [0, 0.05) is 0 Å². The minimum Gasteiger partial charge on any atom is -0.0998 e. The van der Waals surface area contributed by atoms with E-state index in [1.807, 2.05) is 0 Å². The van der Waals surface area contributed by atoms with Crippen molar-refractivity contribution in [2.24, 2.45) is 11.8 Å². The molecule has 10 heavy (non-hydrogen) atoms.